The van der Waals surface area contributed by atoms with Crippen LogP contribution in [0.15, 0.2) is 0 Å². The molecule has 0 radical (unpaired) electrons. The molecule has 1 aromatic rings. The molecule has 3 nitrogen and oxygen atoms in total. The molecule has 1 aliphatic rings. The van der Waals surface area contributed by atoms with E-state index in [1.807, 2.05) is 6.92 Å². The Balaban J connectivity index is 1.78. The standard InChI is InChI=1S/C11H18N2OS/c1-8-9(2)15-10(13-8)6-12-7-11(14)4-3-5-11/h12,14H,3-7H2,1-2H3. The van der Waals surface area contributed by atoms with Gasteiger partial charge in [-0.3, -0.25) is 0 Å². The lowest BCUT2D eigenvalue weighted by Gasteiger charge is -2.36. The monoisotopic (exact) mass is 226 g/mol. The zero-order valence-electron chi connectivity index (χ0n) is 9.34. The summed E-state index contributed by atoms with van der Waals surface area (Å²) in [6.45, 7) is 5.61. The van der Waals surface area contributed by atoms with Crippen LogP contribution in [0.5, 0.6) is 0 Å². The van der Waals surface area contributed by atoms with Crippen LogP contribution in [0.1, 0.15) is 34.8 Å². The minimum Gasteiger partial charge on any atom is -0.389 e. The molecule has 0 aliphatic heterocycles. The highest BCUT2D eigenvalue weighted by atomic mass is 32.1. The lowest BCUT2D eigenvalue weighted by molar-refractivity contribution is -0.0314. The Kier molecular flexibility index (Phi) is 3.09. The molecule has 1 heterocycles. The summed E-state index contributed by atoms with van der Waals surface area (Å²) in [4.78, 5) is 5.73. The van der Waals surface area contributed by atoms with E-state index in [4.69, 9.17) is 0 Å². The Labute approximate surface area is 94.5 Å². The maximum atomic E-state index is 9.87. The molecule has 1 aromatic heterocycles. The molecule has 0 amide bonds. The number of rotatable bonds is 4. The zero-order chi connectivity index (χ0) is 10.9. The predicted molar refractivity (Wildman–Crippen MR) is 62.1 cm³/mol. The second kappa shape index (κ2) is 4.20. The number of nitrogens with zero attached hydrogens (tertiary/aromatic N) is 1. The van der Waals surface area contributed by atoms with Crippen LogP contribution in [-0.4, -0.2) is 22.2 Å². The van der Waals surface area contributed by atoms with Crippen molar-refractivity contribution in [2.75, 3.05) is 6.54 Å². The van der Waals surface area contributed by atoms with E-state index < -0.39 is 5.60 Å². The van der Waals surface area contributed by atoms with Crippen molar-refractivity contribution in [1.82, 2.24) is 10.3 Å². The molecule has 15 heavy (non-hydrogen) atoms. The van der Waals surface area contributed by atoms with Crippen LogP contribution in [0.2, 0.25) is 0 Å². The number of aromatic nitrogens is 1. The largest absolute Gasteiger partial charge is 0.389 e. The van der Waals surface area contributed by atoms with Gasteiger partial charge >= 0.3 is 0 Å². The molecule has 0 bridgehead atoms. The third-order valence-corrected chi connectivity index (χ3v) is 4.16. The summed E-state index contributed by atoms with van der Waals surface area (Å²) >= 11 is 1.74. The first-order valence-electron chi connectivity index (χ1n) is 5.45. The van der Waals surface area contributed by atoms with Gasteiger partial charge in [0, 0.05) is 18.0 Å². The first-order chi connectivity index (χ1) is 7.09. The highest BCUT2D eigenvalue weighted by Crippen LogP contribution is 2.30. The van der Waals surface area contributed by atoms with Crippen molar-refractivity contribution in [2.45, 2.75) is 45.3 Å². The third kappa shape index (κ3) is 2.56. The molecule has 1 saturated carbocycles. The van der Waals surface area contributed by atoms with E-state index in [-0.39, 0.29) is 0 Å². The van der Waals surface area contributed by atoms with Gasteiger partial charge in [0.1, 0.15) is 5.01 Å². The first kappa shape index (κ1) is 11.0. The fourth-order valence-corrected chi connectivity index (χ4v) is 2.68. The molecular formula is C11H18N2OS. The number of thiazole rings is 1. The van der Waals surface area contributed by atoms with Gasteiger partial charge in [-0.15, -0.1) is 11.3 Å². The average Bonchev–Trinajstić information content (AvgIpc) is 2.43. The van der Waals surface area contributed by atoms with Crippen molar-refractivity contribution >= 4 is 11.3 Å². The Morgan fingerprint density at radius 1 is 1.47 bits per heavy atom. The highest BCUT2D eigenvalue weighted by molar-refractivity contribution is 7.11. The van der Waals surface area contributed by atoms with Crippen LogP contribution in [0.3, 0.4) is 0 Å². The smallest absolute Gasteiger partial charge is 0.107 e. The first-order valence-corrected chi connectivity index (χ1v) is 6.27. The van der Waals surface area contributed by atoms with E-state index in [9.17, 15) is 5.11 Å². The Hall–Kier alpha value is -0.450. The van der Waals surface area contributed by atoms with Gasteiger partial charge in [-0.05, 0) is 33.1 Å². The molecule has 0 atom stereocenters. The number of aliphatic hydroxyl groups is 1. The van der Waals surface area contributed by atoms with Crippen molar-refractivity contribution in [3.8, 4) is 0 Å². The minimum absolute atomic E-state index is 0.429. The molecule has 84 valence electrons. The topological polar surface area (TPSA) is 45.2 Å². The lowest BCUT2D eigenvalue weighted by Crippen LogP contribution is -2.45. The maximum Gasteiger partial charge on any atom is 0.107 e. The van der Waals surface area contributed by atoms with Crippen LogP contribution in [-0.2, 0) is 6.54 Å². The van der Waals surface area contributed by atoms with Crippen LogP contribution >= 0.6 is 11.3 Å². The van der Waals surface area contributed by atoms with E-state index in [0.717, 1.165) is 36.5 Å². The molecule has 0 spiro atoms. The number of hydrogen-bond acceptors (Lipinski definition) is 4. The molecule has 1 aliphatic carbocycles. The third-order valence-electron chi connectivity index (χ3n) is 3.09. The summed E-state index contributed by atoms with van der Waals surface area (Å²) < 4.78 is 0. The minimum atomic E-state index is -0.429. The number of aryl methyl sites for hydroxylation is 2. The van der Waals surface area contributed by atoms with E-state index in [1.165, 1.54) is 4.88 Å². The van der Waals surface area contributed by atoms with E-state index >= 15 is 0 Å². The van der Waals surface area contributed by atoms with E-state index in [1.54, 1.807) is 11.3 Å². The molecule has 0 unspecified atom stereocenters. The summed E-state index contributed by atoms with van der Waals surface area (Å²) in [6.07, 6.45) is 3.04. The van der Waals surface area contributed by atoms with Gasteiger partial charge in [0.05, 0.1) is 11.3 Å². The van der Waals surface area contributed by atoms with Crippen LogP contribution in [0.25, 0.3) is 0 Å². The number of hydrogen-bond donors (Lipinski definition) is 2. The van der Waals surface area contributed by atoms with Gasteiger partial charge in [-0.2, -0.15) is 0 Å². The fraction of sp³-hybridized carbons (Fsp3) is 0.727. The quantitative estimate of drug-likeness (QED) is 0.822. The van der Waals surface area contributed by atoms with Gasteiger partial charge in [0.25, 0.3) is 0 Å². The van der Waals surface area contributed by atoms with Crippen molar-refractivity contribution in [3.63, 3.8) is 0 Å². The summed E-state index contributed by atoms with van der Waals surface area (Å²) in [5.41, 5.74) is 0.695. The fourth-order valence-electron chi connectivity index (χ4n) is 1.78. The highest BCUT2D eigenvalue weighted by Gasteiger charge is 2.33. The van der Waals surface area contributed by atoms with Crippen molar-refractivity contribution in [2.24, 2.45) is 0 Å². The Morgan fingerprint density at radius 2 is 2.20 bits per heavy atom. The van der Waals surface area contributed by atoms with Gasteiger partial charge in [-0.25, -0.2) is 4.98 Å². The van der Waals surface area contributed by atoms with Gasteiger partial charge in [0.2, 0.25) is 0 Å². The molecule has 0 aromatic carbocycles. The average molecular weight is 226 g/mol. The lowest BCUT2D eigenvalue weighted by atomic mass is 9.80. The van der Waals surface area contributed by atoms with Crippen molar-refractivity contribution in [1.29, 1.82) is 0 Å². The summed E-state index contributed by atoms with van der Waals surface area (Å²) in [6, 6.07) is 0. The van der Waals surface area contributed by atoms with Crippen LogP contribution in [0.4, 0.5) is 0 Å². The van der Waals surface area contributed by atoms with Crippen molar-refractivity contribution in [3.05, 3.63) is 15.6 Å². The molecule has 2 N–H and O–H groups in total. The maximum absolute atomic E-state index is 9.87. The second-order valence-electron chi connectivity index (χ2n) is 4.43. The molecule has 2 rings (SSSR count). The summed E-state index contributed by atoms with van der Waals surface area (Å²) in [5.74, 6) is 0. The second-order valence-corrected chi connectivity index (χ2v) is 5.72. The van der Waals surface area contributed by atoms with Crippen LogP contribution < -0.4 is 5.32 Å². The van der Waals surface area contributed by atoms with E-state index in [0.29, 0.717) is 6.54 Å². The molecular weight excluding hydrogens is 208 g/mol. The Morgan fingerprint density at radius 3 is 2.67 bits per heavy atom. The summed E-state index contributed by atoms with van der Waals surface area (Å²) in [5, 5.41) is 14.3. The van der Waals surface area contributed by atoms with Gasteiger partial charge in [0.15, 0.2) is 0 Å². The van der Waals surface area contributed by atoms with Gasteiger partial charge in [-0.1, -0.05) is 0 Å². The molecule has 0 saturated heterocycles. The number of nitrogens with one attached hydrogen (secondary N) is 1. The SMILES string of the molecule is Cc1nc(CNCC2(O)CCC2)sc1C. The molecule has 1 fully saturated rings. The predicted octanol–water partition coefficient (Wildman–Crippen LogP) is 1.76. The van der Waals surface area contributed by atoms with Crippen LogP contribution in [0, 0.1) is 13.8 Å². The zero-order valence-corrected chi connectivity index (χ0v) is 10.2. The summed E-state index contributed by atoms with van der Waals surface area (Å²) in [7, 11) is 0. The molecule has 4 heteroatoms. The van der Waals surface area contributed by atoms with E-state index in [2.05, 4.69) is 17.2 Å². The normalized spacial score (nSPS) is 18.9. The van der Waals surface area contributed by atoms with Gasteiger partial charge < -0.3 is 10.4 Å². The van der Waals surface area contributed by atoms with Crippen molar-refractivity contribution < 1.29 is 5.11 Å². The Bertz CT molecular complexity index is 325.